The molecular formula is C14H20N4O2S2. The van der Waals surface area contributed by atoms with Gasteiger partial charge in [0.15, 0.2) is 5.82 Å². The molecule has 0 atom stereocenters. The second kappa shape index (κ2) is 7.06. The highest BCUT2D eigenvalue weighted by Gasteiger charge is 2.17. The van der Waals surface area contributed by atoms with Crippen molar-refractivity contribution in [2.75, 3.05) is 16.6 Å². The maximum Gasteiger partial charge on any atom is 0.272 e. The van der Waals surface area contributed by atoms with Gasteiger partial charge in [0.05, 0.1) is 0 Å². The number of hydrogen-bond donors (Lipinski definition) is 2. The van der Waals surface area contributed by atoms with Gasteiger partial charge >= 0.3 is 0 Å². The molecule has 6 nitrogen and oxygen atoms in total. The number of nitrogens with one attached hydrogen (secondary N) is 2. The van der Waals surface area contributed by atoms with Crippen molar-refractivity contribution in [1.82, 2.24) is 10.2 Å². The normalized spacial score (nSPS) is 11.6. The molecule has 120 valence electrons. The van der Waals surface area contributed by atoms with Gasteiger partial charge < -0.3 is 5.32 Å². The van der Waals surface area contributed by atoms with Gasteiger partial charge in [0.2, 0.25) is 0 Å². The summed E-state index contributed by atoms with van der Waals surface area (Å²) in [6, 6.07) is 6.74. The Balaban J connectivity index is 2.06. The van der Waals surface area contributed by atoms with Crippen LogP contribution in [0.1, 0.15) is 25.6 Å². The Labute approximate surface area is 135 Å². The maximum atomic E-state index is 12.2. The van der Waals surface area contributed by atoms with E-state index in [9.17, 15) is 8.42 Å². The fraction of sp³-hybridized carbons (Fsp3) is 0.429. The van der Waals surface area contributed by atoms with E-state index in [1.54, 1.807) is 18.2 Å². The van der Waals surface area contributed by atoms with Crippen LogP contribution in [0.5, 0.6) is 0 Å². The molecule has 0 aliphatic rings. The molecule has 2 heterocycles. The minimum absolute atomic E-state index is 0.210. The molecule has 0 bridgehead atoms. The highest BCUT2D eigenvalue weighted by Crippen LogP contribution is 2.23. The third kappa shape index (κ3) is 4.41. The second-order valence-electron chi connectivity index (χ2n) is 5.26. The van der Waals surface area contributed by atoms with Crippen LogP contribution in [-0.2, 0) is 16.4 Å². The van der Waals surface area contributed by atoms with E-state index in [1.807, 2.05) is 13.0 Å². The van der Waals surface area contributed by atoms with Crippen molar-refractivity contribution in [2.45, 2.75) is 31.4 Å². The smallest absolute Gasteiger partial charge is 0.272 e. The first-order valence-electron chi connectivity index (χ1n) is 7.10. The van der Waals surface area contributed by atoms with E-state index in [1.165, 1.54) is 11.3 Å². The summed E-state index contributed by atoms with van der Waals surface area (Å²) in [6.07, 6.45) is 0.816. The average molecular weight is 340 g/mol. The first kappa shape index (κ1) is 16.7. The molecule has 0 saturated heterocycles. The lowest BCUT2D eigenvalue weighted by atomic mass is 10.2. The summed E-state index contributed by atoms with van der Waals surface area (Å²) in [5.41, 5.74) is 0. The predicted octanol–water partition coefficient (Wildman–Crippen LogP) is 2.97. The van der Waals surface area contributed by atoms with Crippen molar-refractivity contribution < 1.29 is 8.42 Å². The average Bonchev–Trinajstić information content (AvgIpc) is 2.96. The fourth-order valence-corrected chi connectivity index (χ4v) is 3.96. The number of nitrogens with zero attached hydrogens (tertiary/aromatic N) is 2. The van der Waals surface area contributed by atoms with E-state index in [4.69, 9.17) is 0 Å². The molecule has 2 rings (SSSR count). The van der Waals surface area contributed by atoms with E-state index >= 15 is 0 Å². The molecule has 2 aromatic heterocycles. The molecule has 0 amide bonds. The number of hydrogen-bond acceptors (Lipinski definition) is 6. The molecule has 0 aliphatic heterocycles. The predicted molar refractivity (Wildman–Crippen MR) is 89.9 cm³/mol. The Bertz CT molecular complexity index is 709. The molecule has 0 unspecified atom stereocenters. The van der Waals surface area contributed by atoms with Crippen molar-refractivity contribution in [3.63, 3.8) is 0 Å². The van der Waals surface area contributed by atoms with Crippen LogP contribution < -0.4 is 10.0 Å². The summed E-state index contributed by atoms with van der Waals surface area (Å²) in [5.74, 6) is 1.33. The molecule has 0 fully saturated rings. The summed E-state index contributed by atoms with van der Waals surface area (Å²) >= 11 is 1.26. The quantitative estimate of drug-likeness (QED) is 0.809. The summed E-state index contributed by atoms with van der Waals surface area (Å²) in [4.78, 5) is 1.03. The van der Waals surface area contributed by atoms with E-state index in [0.717, 1.165) is 17.8 Å². The first-order chi connectivity index (χ1) is 10.4. The SMILES string of the molecule is CCc1ccc(S(=O)(=O)Nc2ccc(NCC(C)C)nn2)s1. The van der Waals surface area contributed by atoms with Crippen LogP contribution in [0.15, 0.2) is 28.5 Å². The zero-order chi connectivity index (χ0) is 16.2. The van der Waals surface area contributed by atoms with Gasteiger partial charge in [-0.3, -0.25) is 4.72 Å². The van der Waals surface area contributed by atoms with Crippen molar-refractivity contribution in [3.05, 3.63) is 29.1 Å². The number of rotatable bonds is 7. The molecule has 0 radical (unpaired) electrons. The highest BCUT2D eigenvalue weighted by molar-refractivity contribution is 7.94. The molecule has 2 N–H and O–H groups in total. The van der Waals surface area contributed by atoms with Crippen molar-refractivity contribution in [2.24, 2.45) is 5.92 Å². The van der Waals surface area contributed by atoms with Crippen LogP contribution in [0.25, 0.3) is 0 Å². The molecule has 0 saturated carbocycles. The number of aromatic nitrogens is 2. The van der Waals surface area contributed by atoms with E-state index in [0.29, 0.717) is 11.7 Å². The lowest BCUT2D eigenvalue weighted by Crippen LogP contribution is -2.14. The van der Waals surface area contributed by atoms with Crippen LogP contribution in [0.4, 0.5) is 11.6 Å². The van der Waals surface area contributed by atoms with Crippen LogP contribution in [-0.4, -0.2) is 25.2 Å². The Morgan fingerprint density at radius 3 is 2.36 bits per heavy atom. The van der Waals surface area contributed by atoms with Crippen LogP contribution in [0.3, 0.4) is 0 Å². The number of thiophene rings is 1. The van der Waals surface area contributed by atoms with Crippen molar-refractivity contribution in [3.8, 4) is 0 Å². The molecule has 0 aromatic carbocycles. The van der Waals surface area contributed by atoms with Gasteiger partial charge in [0, 0.05) is 11.4 Å². The van der Waals surface area contributed by atoms with E-state index < -0.39 is 10.0 Å². The van der Waals surface area contributed by atoms with E-state index in [-0.39, 0.29) is 10.0 Å². The van der Waals surface area contributed by atoms with Gasteiger partial charge in [-0.2, -0.15) is 0 Å². The zero-order valence-corrected chi connectivity index (χ0v) is 14.5. The number of aryl methyl sites for hydroxylation is 1. The standard InChI is InChI=1S/C14H20N4O2S2/c1-4-11-5-8-14(21-11)22(19,20)18-13-7-6-12(16-17-13)15-9-10(2)3/h5-8,10H,4,9H2,1-3H3,(H,15,16)(H,17,18). The van der Waals surface area contributed by atoms with Gasteiger partial charge in [-0.1, -0.05) is 20.8 Å². The van der Waals surface area contributed by atoms with Gasteiger partial charge in [0.25, 0.3) is 10.0 Å². The number of sulfonamides is 1. The molecule has 2 aromatic rings. The highest BCUT2D eigenvalue weighted by atomic mass is 32.2. The number of anilines is 2. The Morgan fingerprint density at radius 1 is 1.14 bits per heavy atom. The lowest BCUT2D eigenvalue weighted by Gasteiger charge is -2.08. The first-order valence-corrected chi connectivity index (χ1v) is 9.40. The molecule has 22 heavy (non-hydrogen) atoms. The van der Waals surface area contributed by atoms with Gasteiger partial charge in [-0.25, -0.2) is 8.42 Å². The van der Waals surface area contributed by atoms with E-state index in [2.05, 4.69) is 34.1 Å². The molecule has 8 heteroatoms. The van der Waals surface area contributed by atoms with Crippen molar-refractivity contribution >= 4 is 33.0 Å². The van der Waals surface area contributed by atoms with Crippen LogP contribution >= 0.6 is 11.3 Å². The third-order valence-electron chi connectivity index (χ3n) is 2.85. The summed E-state index contributed by atoms with van der Waals surface area (Å²) in [6.45, 7) is 6.96. The minimum atomic E-state index is -3.60. The molecule has 0 spiro atoms. The largest absolute Gasteiger partial charge is 0.368 e. The maximum absolute atomic E-state index is 12.2. The molecule has 0 aliphatic carbocycles. The van der Waals surface area contributed by atoms with Crippen molar-refractivity contribution in [1.29, 1.82) is 0 Å². The fourth-order valence-electron chi connectivity index (χ4n) is 1.67. The second-order valence-corrected chi connectivity index (χ2v) is 8.34. The van der Waals surface area contributed by atoms with Gasteiger partial charge in [0.1, 0.15) is 10.0 Å². The lowest BCUT2D eigenvalue weighted by molar-refractivity contribution is 0.603. The zero-order valence-electron chi connectivity index (χ0n) is 12.8. The van der Waals surface area contributed by atoms with Crippen LogP contribution in [0, 0.1) is 5.92 Å². The topological polar surface area (TPSA) is 84.0 Å². The molecular weight excluding hydrogens is 320 g/mol. The monoisotopic (exact) mass is 340 g/mol. The Hall–Kier alpha value is -1.67. The minimum Gasteiger partial charge on any atom is -0.368 e. The van der Waals surface area contributed by atoms with Crippen LogP contribution in [0.2, 0.25) is 0 Å². The summed E-state index contributed by atoms with van der Waals surface area (Å²) < 4.78 is 27.2. The van der Waals surface area contributed by atoms with Gasteiger partial charge in [-0.05, 0) is 36.6 Å². The van der Waals surface area contributed by atoms with Gasteiger partial charge in [-0.15, -0.1) is 21.5 Å². The summed E-state index contributed by atoms with van der Waals surface area (Å²) in [5, 5.41) is 11.0. The third-order valence-corrected chi connectivity index (χ3v) is 5.92. The Kier molecular flexibility index (Phi) is 5.36. The Morgan fingerprint density at radius 2 is 1.82 bits per heavy atom. The summed E-state index contributed by atoms with van der Waals surface area (Å²) in [7, 11) is -3.60.